The molecule has 0 saturated heterocycles. The van der Waals surface area contributed by atoms with Gasteiger partial charge in [0, 0.05) is 18.3 Å². The van der Waals surface area contributed by atoms with Crippen LogP contribution >= 0.6 is 0 Å². The van der Waals surface area contributed by atoms with Gasteiger partial charge in [0.05, 0.1) is 6.54 Å². The highest BCUT2D eigenvalue weighted by atomic mass is 19.3. The summed E-state index contributed by atoms with van der Waals surface area (Å²) in [5.74, 6) is -0.321. The number of hydrogen-bond donors (Lipinski definition) is 2. The van der Waals surface area contributed by atoms with Crippen molar-refractivity contribution in [1.29, 1.82) is 0 Å². The minimum atomic E-state index is -2.48. The largest absolute Gasteiger partial charge is 0.346 e. The topological polar surface area (TPSA) is 60.0 Å². The van der Waals surface area contributed by atoms with Crippen LogP contribution in [0, 0.1) is 0 Å². The first-order valence-electron chi connectivity index (χ1n) is 7.07. The molecule has 4 nitrogen and oxygen atoms in total. The summed E-state index contributed by atoms with van der Waals surface area (Å²) < 4.78 is 26.2. The number of nitrogens with zero attached hydrogens (tertiary/aromatic N) is 1. The number of nitrogens with two attached hydrogens (primary N) is 1. The van der Waals surface area contributed by atoms with E-state index in [2.05, 4.69) is 5.32 Å². The van der Waals surface area contributed by atoms with Crippen LogP contribution < -0.4 is 11.1 Å². The Balaban J connectivity index is 2.02. The van der Waals surface area contributed by atoms with Gasteiger partial charge in [0.2, 0.25) is 0 Å². The number of carbonyl (C=O) groups is 1. The van der Waals surface area contributed by atoms with Crippen LogP contribution in [0.3, 0.4) is 0 Å². The molecule has 0 aromatic carbocycles. The summed E-state index contributed by atoms with van der Waals surface area (Å²) in [6.07, 6.45) is 4.00. The molecule has 0 spiro atoms. The van der Waals surface area contributed by atoms with Gasteiger partial charge in [0.1, 0.15) is 5.69 Å². The van der Waals surface area contributed by atoms with Gasteiger partial charge < -0.3 is 15.6 Å². The fourth-order valence-corrected chi connectivity index (χ4v) is 2.69. The first-order valence-corrected chi connectivity index (χ1v) is 7.07. The van der Waals surface area contributed by atoms with Gasteiger partial charge in [-0.15, -0.1) is 0 Å². The number of hydrogen-bond acceptors (Lipinski definition) is 2. The molecule has 1 heterocycles. The zero-order chi connectivity index (χ0) is 14.5. The summed E-state index contributed by atoms with van der Waals surface area (Å²) in [6, 6.07) is 3.03. The first-order chi connectivity index (χ1) is 9.58. The third kappa shape index (κ3) is 3.79. The number of alkyl halides is 2. The van der Waals surface area contributed by atoms with Crippen molar-refractivity contribution in [3.8, 4) is 0 Å². The summed E-state index contributed by atoms with van der Waals surface area (Å²) in [6.45, 7) is -0.466. The Morgan fingerprint density at radius 3 is 2.90 bits per heavy atom. The Morgan fingerprint density at radius 1 is 1.40 bits per heavy atom. The zero-order valence-corrected chi connectivity index (χ0v) is 11.4. The summed E-state index contributed by atoms with van der Waals surface area (Å²) >= 11 is 0. The van der Waals surface area contributed by atoms with Crippen molar-refractivity contribution in [2.75, 3.05) is 0 Å². The maximum atomic E-state index is 12.4. The third-order valence-corrected chi connectivity index (χ3v) is 3.78. The molecule has 2 rings (SSSR count). The van der Waals surface area contributed by atoms with E-state index in [1.54, 1.807) is 12.1 Å². The highest BCUT2D eigenvalue weighted by molar-refractivity contribution is 5.93. The Morgan fingerprint density at radius 2 is 2.15 bits per heavy atom. The van der Waals surface area contributed by atoms with Crippen molar-refractivity contribution < 1.29 is 13.6 Å². The van der Waals surface area contributed by atoms with Gasteiger partial charge in [-0.1, -0.05) is 19.3 Å². The van der Waals surface area contributed by atoms with E-state index in [0.29, 0.717) is 0 Å². The molecule has 0 aliphatic heterocycles. The van der Waals surface area contributed by atoms with E-state index in [9.17, 15) is 13.6 Å². The van der Waals surface area contributed by atoms with Crippen molar-refractivity contribution >= 4 is 5.91 Å². The summed E-state index contributed by atoms with van der Waals surface area (Å²) in [5, 5.41) is 2.90. The van der Waals surface area contributed by atoms with Gasteiger partial charge in [0.15, 0.2) is 0 Å². The molecule has 1 aromatic rings. The Bertz CT molecular complexity index is 447. The van der Waals surface area contributed by atoms with Gasteiger partial charge in [-0.05, 0) is 25.0 Å². The lowest BCUT2D eigenvalue weighted by molar-refractivity contribution is 0.0906. The molecule has 20 heavy (non-hydrogen) atoms. The molecule has 3 N–H and O–H groups in total. The zero-order valence-electron chi connectivity index (χ0n) is 11.4. The van der Waals surface area contributed by atoms with Gasteiger partial charge in [-0.25, -0.2) is 8.78 Å². The van der Waals surface area contributed by atoms with Crippen LogP contribution in [0.1, 0.15) is 42.6 Å². The maximum absolute atomic E-state index is 12.4. The molecule has 1 fully saturated rings. The van der Waals surface area contributed by atoms with Crippen LogP contribution in [0.5, 0.6) is 0 Å². The molecule has 1 aliphatic rings. The van der Waals surface area contributed by atoms with Crippen molar-refractivity contribution in [2.45, 2.75) is 57.2 Å². The highest BCUT2D eigenvalue weighted by Gasteiger charge is 2.23. The summed E-state index contributed by atoms with van der Waals surface area (Å²) in [7, 11) is 0. The normalized spacial score (nSPS) is 23.6. The molecule has 1 amide bonds. The second-order valence-corrected chi connectivity index (χ2v) is 5.32. The van der Waals surface area contributed by atoms with Crippen LogP contribution in [0.15, 0.2) is 18.3 Å². The Labute approximate surface area is 117 Å². The third-order valence-electron chi connectivity index (χ3n) is 3.78. The molecule has 112 valence electrons. The molecule has 1 aliphatic carbocycles. The minimum Gasteiger partial charge on any atom is -0.346 e. The van der Waals surface area contributed by atoms with E-state index >= 15 is 0 Å². The number of carbonyl (C=O) groups excluding carboxylic acids is 1. The van der Waals surface area contributed by atoms with E-state index in [-0.39, 0.29) is 23.7 Å². The molecule has 1 saturated carbocycles. The molecule has 2 unspecified atom stereocenters. The van der Waals surface area contributed by atoms with Crippen molar-refractivity contribution in [1.82, 2.24) is 9.88 Å². The average molecular weight is 285 g/mol. The predicted octanol–water partition coefficient (Wildman–Crippen LogP) is 2.14. The fourth-order valence-electron chi connectivity index (χ4n) is 2.69. The van der Waals surface area contributed by atoms with Crippen molar-refractivity contribution in [3.63, 3.8) is 0 Å². The monoisotopic (exact) mass is 285 g/mol. The quantitative estimate of drug-likeness (QED) is 0.833. The lowest BCUT2D eigenvalue weighted by atomic mass is 10.0. The first kappa shape index (κ1) is 15.0. The second-order valence-electron chi connectivity index (χ2n) is 5.32. The average Bonchev–Trinajstić information content (AvgIpc) is 2.74. The van der Waals surface area contributed by atoms with Crippen LogP contribution in [0.25, 0.3) is 0 Å². The second kappa shape index (κ2) is 6.83. The van der Waals surface area contributed by atoms with E-state index < -0.39 is 13.0 Å². The minimum absolute atomic E-state index is 0.0556. The molecule has 1 aromatic heterocycles. The van der Waals surface area contributed by atoms with E-state index in [1.807, 2.05) is 0 Å². The SMILES string of the molecule is NC1CCCCCC1NC(=O)c1cccn1CC(F)F. The number of rotatable bonds is 4. The smallest absolute Gasteiger partial charge is 0.268 e. The van der Waals surface area contributed by atoms with E-state index in [1.165, 1.54) is 10.8 Å². The van der Waals surface area contributed by atoms with Gasteiger partial charge >= 0.3 is 0 Å². The molecule has 6 heteroatoms. The number of aromatic nitrogens is 1. The molecule has 2 atom stereocenters. The van der Waals surface area contributed by atoms with Crippen molar-refractivity contribution in [2.24, 2.45) is 5.73 Å². The number of halogens is 2. The lowest BCUT2D eigenvalue weighted by Crippen LogP contribution is -2.47. The molecular formula is C14H21F2N3O. The predicted molar refractivity (Wildman–Crippen MR) is 72.8 cm³/mol. The van der Waals surface area contributed by atoms with Gasteiger partial charge in [-0.2, -0.15) is 0 Å². The molecule has 0 bridgehead atoms. The van der Waals surface area contributed by atoms with Crippen LogP contribution in [0.4, 0.5) is 8.78 Å². The van der Waals surface area contributed by atoms with Crippen LogP contribution in [-0.4, -0.2) is 29.0 Å². The van der Waals surface area contributed by atoms with E-state index in [0.717, 1.165) is 32.1 Å². The lowest BCUT2D eigenvalue weighted by Gasteiger charge is -2.23. The Hall–Kier alpha value is -1.43. The van der Waals surface area contributed by atoms with Crippen molar-refractivity contribution in [3.05, 3.63) is 24.0 Å². The fraction of sp³-hybridized carbons (Fsp3) is 0.643. The summed E-state index contributed by atoms with van der Waals surface area (Å²) in [5.41, 5.74) is 6.32. The molecular weight excluding hydrogens is 264 g/mol. The summed E-state index contributed by atoms with van der Waals surface area (Å²) in [4.78, 5) is 12.2. The van der Waals surface area contributed by atoms with Gasteiger partial charge in [-0.3, -0.25) is 4.79 Å². The standard InChI is InChI=1S/C14H21F2N3O/c15-13(16)9-19-8-4-7-12(19)14(20)18-11-6-3-1-2-5-10(11)17/h4,7-8,10-11,13H,1-3,5-6,9,17H2,(H,18,20). The number of amides is 1. The molecule has 0 radical (unpaired) electrons. The van der Waals surface area contributed by atoms with Crippen LogP contribution in [-0.2, 0) is 6.54 Å². The number of nitrogens with one attached hydrogen (secondary N) is 1. The van der Waals surface area contributed by atoms with Gasteiger partial charge in [0.25, 0.3) is 12.3 Å². The highest BCUT2D eigenvalue weighted by Crippen LogP contribution is 2.17. The van der Waals surface area contributed by atoms with Crippen LogP contribution in [0.2, 0.25) is 0 Å². The Kier molecular flexibility index (Phi) is 5.11. The van der Waals surface area contributed by atoms with E-state index in [4.69, 9.17) is 5.73 Å². The maximum Gasteiger partial charge on any atom is 0.268 e.